The van der Waals surface area contributed by atoms with E-state index in [1.807, 2.05) is 6.92 Å². The molecule has 0 atom stereocenters. The highest BCUT2D eigenvalue weighted by Crippen LogP contribution is 1.94. The predicted octanol–water partition coefficient (Wildman–Crippen LogP) is 2.07. The fourth-order valence-corrected chi connectivity index (χ4v) is 1.36. The Morgan fingerprint density at radius 2 is 1.80 bits per heavy atom. The van der Waals surface area contributed by atoms with Crippen molar-refractivity contribution in [1.82, 2.24) is 10.6 Å². The van der Waals surface area contributed by atoms with E-state index in [1.54, 1.807) is 0 Å². The minimum atomic E-state index is 0.192. The van der Waals surface area contributed by atoms with Gasteiger partial charge in [-0.3, -0.25) is 4.79 Å². The first-order chi connectivity index (χ1) is 7.16. The summed E-state index contributed by atoms with van der Waals surface area (Å²) in [5, 5.41) is 6.30. The molecule has 0 unspecified atom stereocenters. The average molecular weight is 214 g/mol. The van der Waals surface area contributed by atoms with Gasteiger partial charge in [0.1, 0.15) is 0 Å². The van der Waals surface area contributed by atoms with Crippen LogP contribution in [0.3, 0.4) is 0 Å². The summed E-state index contributed by atoms with van der Waals surface area (Å²) in [4.78, 5) is 11.1. The molecule has 0 saturated heterocycles. The van der Waals surface area contributed by atoms with E-state index in [9.17, 15) is 4.79 Å². The number of unbranched alkanes of at least 4 members (excludes halogenated alkanes) is 2. The molecule has 0 aliphatic rings. The van der Waals surface area contributed by atoms with Crippen molar-refractivity contribution in [3.8, 4) is 0 Å². The quantitative estimate of drug-likeness (QED) is 0.577. The van der Waals surface area contributed by atoms with E-state index in [-0.39, 0.29) is 5.91 Å². The highest BCUT2D eigenvalue weighted by molar-refractivity contribution is 5.75. The SMILES string of the molecule is CCCC(=O)NCCCCCNC(C)C. The number of carbonyl (C=O) groups excluding carboxylic acids is 1. The largest absolute Gasteiger partial charge is 0.356 e. The lowest BCUT2D eigenvalue weighted by Gasteiger charge is -2.07. The summed E-state index contributed by atoms with van der Waals surface area (Å²) in [6, 6.07) is 0.578. The van der Waals surface area contributed by atoms with Crippen molar-refractivity contribution in [2.45, 2.75) is 58.9 Å². The molecule has 15 heavy (non-hydrogen) atoms. The molecular formula is C12H26N2O. The van der Waals surface area contributed by atoms with E-state index in [2.05, 4.69) is 24.5 Å². The number of carbonyl (C=O) groups is 1. The van der Waals surface area contributed by atoms with Gasteiger partial charge in [-0.1, -0.05) is 27.2 Å². The molecule has 0 spiro atoms. The number of hydrogen-bond donors (Lipinski definition) is 2. The van der Waals surface area contributed by atoms with Crippen LogP contribution in [0.5, 0.6) is 0 Å². The van der Waals surface area contributed by atoms with Crippen LogP contribution in [0.25, 0.3) is 0 Å². The number of hydrogen-bond acceptors (Lipinski definition) is 2. The Morgan fingerprint density at radius 1 is 1.13 bits per heavy atom. The van der Waals surface area contributed by atoms with E-state index in [4.69, 9.17) is 0 Å². The summed E-state index contributed by atoms with van der Waals surface area (Å²) in [5.74, 6) is 0.192. The van der Waals surface area contributed by atoms with Crippen LogP contribution >= 0.6 is 0 Å². The van der Waals surface area contributed by atoms with Gasteiger partial charge in [0.15, 0.2) is 0 Å². The lowest BCUT2D eigenvalue weighted by atomic mass is 10.2. The van der Waals surface area contributed by atoms with Gasteiger partial charge in [-0.15, -0.1) is 0 Å². The third-order valence-electron chi connectivity index (χ3n) is 2.21. The maximum atomic E-state index is 11.1. The molecule has 0 radical (unpaired) electrons. The summed E-state index contributed by atoms with van der Waals surface area (Å²) in [6.45, 7) is 8.26. The third-order valence-corrected chi connectivity index (χ3v) is 2.21. The Hall–Kier alpha value is -0.570. The van der Waals surface area contributed by atoms with Crippen LogP contribution in [-0.2, 0) is 4.79 Å². The Labute approximate surface area is 94.0 Å². The summed E-state index contributed by atoms with van der Waals surface area (Å²) in [5.41, 5.74) is 0. The van der Waals surface area contributed by atoms with Crippen molar-refractivity contribution in [2.24, 2.45) is 0 Å². The van der Waals surface area contributed by atoms with Gasteiger partial charge in [0.05, 0.1) is 0 Å². The van der Waals surface area contributed by atoms with Crippen LogP contribution < -0.4 is 10.6 Å². The normalized spacial score (nSPS) is 10.7. The molecule has 0 bridgehead atoms. The second-order valence-corrected chi connectivity index (χ2v) is 4.27. The van der Waals surface area contributed by atoms with E-state index in [0.717, 1.165) is 25.9 Å². The average Bonchev–Trinajstić information content (AvgIpc) is 2.16. The van der Waals surface area contributed by atoms with Gasteiger partial charge in [-0.05, 0) is 25.8 Å². The van der Waals surface area contributed by atoms with Crippen LogP contribution in [0, 0.1) is 0 Å². The first kappa shape index (κ1) is 14.4. The monoisotopic (exact) mass is 214 g/mol. The molecular weight excluding hydrogens is 188 g/mol. The molecule has 0 aromatic carbocycles. The summed E-state index contributed by atoms with van der Waals surface area (Å²) < 4.78 is 0. The molecule has 3 nitrogen and oxygen atoms in total. The number of rotatable bonds is 9. The minimum absolute atomic E-state index is 0.192. The van der Waals surface area contributed by atoms with Crippen molar-refractivity contribution in [2.75, 3.05) is 13.1 Å². The number of nitrogens with one attached hydrogen (secondary N) is 2. The molecule has 0 heterocycles. The Balaban J connectivity index is 3.08. The smallest absolute Gasteiger partial charge is 0.219 e. The molecule has 1 amide bonds. The van der Waals surface area contributed by atoms with Crippen LogP contribution in [-0.4, -0.2) is 25.0 Å². The molecule has 3 heteroatoms. The Morgan fingerprint density at radius 3 is 2.40 bits per heavy atom. The Bertz CT molecular complexity index is 158. The minimum Gasteiger partial charge on any atom is -0.356 e. The van der Waals surface area contributed by atoms with Crippen molar-refractivity contribution in [3.63, 3.8) is 0 Å². The second kappa shape index (κ2) is 9.97. The van der Waals surface area contributed by atoms with Gasteiger partial charge in [0.2, 0.25) is 5.91 Å². The van der Waals surface area contributed by atoms with Gasteiger partial charge in [0.25, 0.3) is 0 Å². The molecule has 0 aliphatic carbocycles. The van der Waals surface area contributed by atoms with E-state index in [1.165, 1.54) is 12.8 Å². The summed E-state index contributed by atoms with van der Waals surface area (Å²) in [6.07, 6.45) is 5.07. The molecule has 0 fully saturated rings. The summed E-state index contributed by atoms with van der Waals surface area (Å²) in [7, 11) is 0. The number of amides is 1. The van der Waals surface area contributed by atoms with E-state index >= 15 is 0 Å². The standard InChI is InChI=1S/C12H26N2O/c1-4-8-12(15)14-10-7-5-6-9-13-11(2)3/h11,13H,4-10H2,1-3H3,(H,14,15). The van der Waals surface area contributed by atoms with E-state index in [0.29, 0.717) is 12.5 Å². The predicted molar refractivity (Wildman–Crippen MR) is 64.9 cm³/mol. The van der Waals surface area contributed by atoms with Crippen molar-refractivity contribution in [3.05, 3.63) is 0 Å². The van der Waals surface area contributed by atoms with Crippen molar-refractivity contribution in [1.29, 1.82) is 0 Å². The first-order valence-corrected chi connectivity index (χ1v) is 6.17. The zero-order valence-corrected chi connectivity index (χ0v) is 10.4. The molecule has 0 aromatic heterocycles. The Kier molecular flexibility index (Phi) is 9.59. The molecule has 2 N–H and O–H groups in total. The molecule has 0 rings (SSSR count). The van der Waals surface area contributed by atoms with Crippen LogP contribution in [0.2, 0.25) is 0 Å². The summed E-state index contributed by atoms with van der Waals surface area (Å²) >= 11 is 0. The second-order valence-electron chi connectivity index (χ2n) is 4.27. The van der Waals surface area contributed by atoms with Crippen molar-refractivity contribution < 1.29 is 4.79 Å². The van der Waals surface area contributed by atoms with Gasteiger partial charge < -0.3 is 10.6 Å². The zero-order chi connectivity index (χ0) is 11.5. The lowest BCUT2D eigenvalue weighted by Crippen LogP contribution is -2.25. The van der Waals surface area contributed by atoms with Crippen LogP contribution in [0.1, 0.15) is 52.9 Å². The molecule has 0 aromatic rings. The zero-order valence-electron chi connectivity index (χ0n) is 10.4. The van der Waals surface area contributed by atoms with E-state index < -0.39 is 0 Å². The van der Waals surface area contributed by atoms with Gasteiger partial charge in [-0.2, -0.15) is 0 Å². The van der Waals surface area contributed by atoms with Gasteiger partial charge in [0, 0.05) is 19.0 Å². The highest BCUT2D eigenvalue weighted by atomic mass is 16.1. The van der Waals surface area contributed by atoms with Crippen LogP contribution in [0.15, 0.2) is 0 Å². The maximum Gasteiger partial charge on any atom is 0.219 e. The van der Waals surface area contributed by atoms with Crippen molar-refractivity contribution >= 4 is 5.91 Å². The first-order valence-electron chi connectivity index (χ1n) is 6.17. The molecule has 0 saturated carbocycles. The van der Waals surface area contributed by atoms with Gasteiger partial charge >= 0.3 is 0 Å². The highest BCUT2D eigenvalue weighted by Gasteiger charge is 1.97. The van der Waals surface area contributed by atoms with Gasteiger partial charge in [-0.25, -0.2) is 0 Å². The van der Waals surface area contributed by atoms with Crippen LogP contribution in [0.4, 0.5) is 0 Å². The third kappa shape index (κ3) is 11.4. The topological polar surface area (TPSA) is 41.1 Å². The maximum absolute atomic E-state index is 11.1. The molecule has 90 valence electrons. The lowest BCUT2D eigenvalue weighted by molar-refractivity contribution is -0.121. The molecule has 0 aliphatic heterocycles. The fourth-order valence-electron chi connectivity index (χ4n) is 1.36. The fraction of sp³-hybridized carbons (Fsp3) is 0.917.